The average Bonchev–Trinajstić information content (AvgIpc) is 2.74. The molecule has 88 valence electrons. The van der Waals surface area contributed by atoms with Crippen molar-refractivity contribution in [2.75, 3.05) is 0 Å². The van der Waals surface area contributed by atoms with Crippen LogP contribution in [0.3, 0.4) is 0 Å². The molecule has 15 heavy (non-hydrogen) atoms. The smallest absolute Gasteiger partial charge is 0.0624 e. The van der Waals surface area contributed by atoms with Crippen molar-refractivity contribution in [2.45, 2.75) is 66.2 Å². The minimum atomic E-state index is 0.598. The molecule has 0 saturated heterocycles. The van der Waals surface area contributed by atoms with Gasteiger partial charge in [0.1, 0.15) is 0 Å². The zero-order valence-electron chi connectivity index (χ0n) is 10.9. The van der Waals surface area contributed by atoms with Crippen LogP contribution in [-0.2, 0) is 0 Å². The van der Waals surface area contributed by atoms with Crippen LogP contribution < -0.4 is 0 Å². The van der Waals surface area contributed by atoms with Crippen molar-refractivity contribution < 1.29 is 0 Å². The Morgan fingerprint density at radius 3 is 2.20 bits per heavy atom. The van der Waals surface area contributed by atoms with Gasteiger partial charge in [-0.25, -0.2) is 0 Å². The predicted molar refractivity (Wildman–Crippen MR) is 66.5 cm³/mol. The van der Waals surface area contributed by atoms with E-state index in [9.17, 15) is 0 Å². The molecule has 2 atom stereocenters. The number of nitrogens with zero attached hydrogens (tertiary/aromatic N) is 1. The highest BCUT2D eigenvalue weighted by atomic mass is 14.3. The summed E-state index contributed by atoms with van der Waals surface area (Å²) in [7, 11) is 0. The molecular formula is C14H27N. The molecule has 0 radical (unpaired) electrons. The Morgan fingerprint density at radius 1 is 1.20 bits per heavy atom. The Labute approximate surface area is 95.9 Å². The Morgan fingerprint density at radius 2 is 1.73 bits per heavy atom. The second-order valence-electron chi connectivity index (χ2n) is 4.72. The summed E-state index contributed by atoms with van der Waals surface area (Å²) in [6, 6.07) is 2.26. The predicted octanol–water partition coefficient (Wildman–Crippen LogP) is 4.78. The lowest BCUT2D eigenvalue weighted by molar-refractivity contribution is 0.301. The molecule has 0 aromatic carbocycles. The summed E-state index contributed by atoms with van der Waals surface area (Å²) in [5.41, 5.74) is 0. The van der Waals surface area contributed by atoms with Crippen molar-refractivity contribution in [3.8, 4) is 6.07 Å². The van der Waals surface area contributed by atoms with Crippen molar-refractivity contribution in [3.05, 3.63) is 0 Å². The Balaban J connectivity index is 0.000000921. The third kappa shape index (κ3) is 5.82. The Bertz CT molecular complexity index is 174. The molecule has 1 aliphatic rings. The van der Waals surface area contributed by atoms with Gasteiger partial charge in [-0.05, 0) is 24.2 Å². The third-order valence-corrected chi connectivity index (χ3v) is 3.42. The highest BCUT2D eigenvalue weighted by Gasteiger charge is 2.22. The molecule has 0 bridgehead atoms. The van der Waals surface area contributed by atoms with E-state index < -0.39 is 0 Å². The molecule has 1 fully saturated rings. The quantitative estimate of drug-likeness (QED) is 0.653. The molecule has 0 N–H and O–H groups in total. The molecule has 0 aromatic rings. The van der Waals surface area contributed by atoms with Gasteiger partial charge in [0.25, 0.3) is 0 Å². The van der Waals surface area contributed by atoms with Crippen molar-refractivity contribution in [2.24, 2.45) is 17.8 Å². The van der Waals surface area contributed by atoms with E-state index in [1.165, 1.54) is 32.1 Å². The van der Waals surface area contributed by atoms with E-state index in [1.807, 2.05) is 13.8 Å². The molecule has 1 rings (SSSR count). The van der Waals surface area contributed by atoms with Crippen LogP contribution in [-0.4, -0.2) is 0 Å². The minimum Gasteiger partial charge on any atom is -0.198 e. The molecule has 0 spiro atoms. The fraction of sp³-hybridized carbons (Fsp3) is 0.929. The van der Waals surface area contributed by atoms with Gasteiger partial charge in [-0.15, -0.1) is 0 Å². The van der Waals surface area contributed by atoms with Gasteiger partial charge < -0.3 is 0 Å². The van der Waals surface area contributed by atoms with Crippen LogP contribution >= 0.6 is 0 Å². The zero-order chi connectivity index (χ0) is 11.7. The highest BCUT2D eigenvalue weighted by molar-refractivity contribution is 4.78. The van der Waals surface area contributed by atoms with E-state index in [-0.39, 0.29) is 0 Å². The lowest BCUT2D eigenvalue weighted by atomic mass is 9.84. The standard InChI is InChI=1S/C12H21N.C2H6/c1-10(7-8-13)9-11(2)12-5-3-4-6-12;1-2/h10-12H,3-7,9H2,1-2H3;1-2H3. The van der Waals surface area contributed by atoms with Crippen LogP contribution in [0, 0.1) is 29.1 Å². The molecule has 1 heteroatoms. The topological polar surface area (TPSA) is 23.8 Å². The first-order valence-corrected chi connectivity index (χ1v) is 6.61. The van der Waals surface area contributed by atoms with Gasteiger partial charge in [0, 0.05) is 6.42 Å². The summed E-state index contributed by atoms with van der Waals surface area (Å²) in [6.45, 7) is 8.57. The SMILES string of the molecule is CC.CC(CC#N)CC(C)C1CCCC1. The summed E-state index contributed by atoms with van der Waals surface area (Å²) >= 11 is 0. The number of hydrogen-bond donors (Lipinski definition) is 0. The van der Waals surface area contributed by atoms with Crippen LogP contribution in [0.1, 0.15) is 66.2 Å². The normalized spacial score (nSPS) is 19.9. The van der Waals surface area contributed by atoms with E-state index in [4.69, 9.17) is 5.26 Å². The molecule has 2 unspecified atom stereocenters. The minimum absolute atomic E-state index is 0.598. The zero-order valence-corrected chi connectivity index (χ0v) is 10.9. The van der Waals surface area contributed by atoms with Gasteiger partial charge in [0.15, 0.2) is 0 Å². The van der Waals surface area contributed by atoms with E-state index in [0.29, 0.717) is 5.92 Å². The van der Waals surface area contributed by atoms with Gasteiger partial charge in [0.05, 0.1) is 6.07 Å². The average molecular weight is 209 g/mol. The summed E-state index contributed by atoms with van der Waals surface area (Å²) in [6.07, 6.45) is 7.71. The lowest BCUT2D eigenvalue weighted by Crippen LogP contribution is -2.11. The molecule has 0 aromatic heterocycles. The van der Waals surface area contributed by atoms with E-state index in [1.54, 1.807) is 0 Å². The molecule has 1 nitrogen and oxygen atoms in total. The van der Waals surface area contributed by atoms with Crippen LogP contribution in [0.25, 0.3) is 0 Å². The summed E-state index contributed by atoms with van der Waals surface area (Å²) in [5.74, 6) is 2.40. The third-order valence-electron chi connectivity index (χ3n) is 3.42. The van der Waals surface area contributed by atoms with Gasteiger partial charge in [0.2, 0.25) is 0 Å². The Kier molecular flexibility index (Phi) is 8.47. The monoisotopic (exact) mass is 209 g/mol. The van der Waals surface area contributed by atoms with E-state index in [2.05, 4.69) is 19.9 Å². The molecule has 1 aliphatic carbocycles. The summed E-state index contributed by atoms with van der Waals surface area (Å²) in [4.78, 5) is 0. The van der Waals surface area contributed by atoms with Crippen LogP contribution in [0.2, 0.25) is 0 Å². The maximum absolute atomic E-state index is 8.56. The van der Waals surface area contributed by atoms with Gasteiger partial charge in [-0.3, -0.25) is 0 Å². The Hall–Kier alpha value is -0.510. The second-order valence-corrected chi connectivity index (χ2v) is 4.72. The number of hydrogen-bond acceptors (Lipinski definition) is 1. The molecule has 0 heterocycles. The first kappa shape index (κ1) is 14.5. The lowest BCUT2D eigenvalue weighted by Gasteiger charge is -2.21. The molecular weight excluding hydrogens is 182 g/mol. The van der Waals surface area contributed by atoms with Crippen LogP contribution in [0.4, 0.5) is 0 Å². The summed E-state index contributed by atoms with van der Waals surface area (Å²) < 4.78 is 0. The molecule has 1 saturated carbocycles. The van der Waals surface area contributed by atoms with Crippen molar-refractivity contribution >= 4 is 0 Å². The van der Waals surface area contributed by atoms with Gasteiger partial charge in [-0.2, -0.15) is 5.26 Å². The van der Waals surface area contributed by atoms with Gasteiger partial charge in [-0.1, -0.05) is 53.4 Å². The van der Waals surface area contributed by atoms with Crippen molar-refractivity contribution in [3.63, 3.8) is 0 Å². The van der Waals surface area contributed by atoms with Crippen molar-refractivity contribution in [1.82, 2.24) is 0 Å². The number of rotatable bonds is 4. The van der Waals surface area contributed by atoms with E-state index >= 15 is 0 Å². The first-order chi connectivity index (χ1) is 7.24. The highest BCUT2D eigenvalue weighted by Crippen LogP contribution is 2.34. The number of nitriles is 1. The van der Waals surface area contributed by atoms with Crippen LogP contribution in [0.5, 0.6) is 0 Å². The summed E-state index contributed by atoms with van der Waals surface area (Å²) in [5, 5.41) is 8.56. The second kappa shape index (κ2) is 8.77. The molecule has 0 aliphatic heterocycles. The van der Waals surface area contributed by atoms with Gasteiger partial charge >= 0.3 is 0 Å². The maximum atomic E-state index is 8.56. The van der Waals surface area contributed by atoms with E-state index in [0.717, 1.165) is 18.3 Å². The largest absolute Gasteiger partial charge is 0.198 e. The fourth-order valence-electron chi connectivity index (χ4n) is 2.59. The fourth-order valence-corrected chi connectivity index (χ4v) is 2.59. The first-order valence-electron chi connectivity index (χ1n) is 6.61. The van der Waals surface area contributed by atoms with Crippen LogP contribution in [0.15, 0.2) is 0 Å². The van der Waals surface area contributed by atoms with Crippen molar-refractivity contribution in [1.29, 1.82) is 5.26 Å². The maximum Gasteiger partial charge on any atom is 0.0624 e. The molecule has 0 amide bonds.